The lowest BCUT2D eigenvalue weighted by atomic mass is 9.78. The molecule has 0 aromatic heterocycles. The van der Waals surface area contributed by atoms with E-state index in [4.69, 9.17) is 4.74 Å². The SMILES string of the molecule is COc1cc(CN2CCC[C@H]3CCCC[C@H]32)cc(Br)c1O. The minimum absolute atomic E-state index is 0.190. The van der Waals surface area contributed by atoms with Crippen LogP contribution in [-0.2, 0) is 6.54 Å². The fraction of sp³-hybridized carbons (Fsp3) is 0.647. The number of rotatable bonds is 3. The molecule has 1 aromatic rings. The molecule has 0 spiro atoms. The van der Waals surface area contributed by atoms with Gasteiger partial charge in [-0.05, 0) is 71.8 Å². The molecule has 0 radical (unpaired) electrons. The molecule has 4 heteroatoms. The number of halogens is 1. The second-order valence-electron chi connectivity index (χ2n) is 6.35. The molecule has 1 heterocycles. The smallest absolute Gasteiger partial charge is 0.172 e. The van der Waals surface area contributed by atoms with Gasteiger partial charge in [0.05, 0.1) is 11.6 Å². The molecule has 2 fully saturated rings. The van der Waals surface area contributed by atoms with Crippen molar-refractivity contribution in [3.8, 4) is 11.5 Å². The number of methoxy groups -OCH3 is 1. The molecule has 0 amide bonds. The summed E-state index contributed by atoms with van der Waals surface area (Å²) in [6, 6.07) is 4.74. The van der Waals surface area contributed by atoms with Crippen LogP contribution in [0.25, 0.3) is 0 Å². The van der Waals surface area contributed by atoms with Crippen molar-refractivity contribution in [3.05, 3.63) is 22.2 Å². The van der Waals surface area contributed by atoms with Gasteiger partial charge in [0.2, 0.25) is 0 Å². The first-order valence-electron chi connectivity index (χ1n) is 7.98. The number of benzene rings is 1. The normalized spacial score (nSPS) is 26.4. The number of fused-ring (bicyclic) bond motifs is 1. The van der Waals surface area contributed by atoms with Gasteiger partial charge in [-0.3, -0.25) is 4.90 Å². The minimum atomic E-state index is 0.190. The first-order valence-corrected chi connectivity index (χ1v) is 8.77. The van der Waals surface area contributed by atoms with Crippen molar-refractivity contribution in [2.45, 2.75) is 51.1 Å². The molecular weight excluding hydrogens is 330 g/mol. The first-order chi connectivity index (χ1) is 10.2. The van der Waals surface area contributed by atoms with E-state index in [2.05, 4.69) is 20.8 Å². The third-order valence-electron chi connectivity index (χ3n) is 5.05. The number of phenolic OH excluding ortho intramolecular Hbond substituents is 1. The summed E-state index contributed by atoms with van der Waals surface area (Å²) in [5.41, 5.74) is 1.21. The molecule has 3 rings (SSSR count). The van der Waals surface area contributed by atoms with Crippen molar-refractivity contribution in [2.75, 3.05) is 13.7 Å². The molecule has 2 atom stereocenters. The predicted octanol–water partition coefficient (Wildman–Crippen LogP) is 4.32. The fourth-order valence-corrected chi connectivity index (χ4v) is 4.52. The van der Waals surface area contributed by atoms with Crippen LogP contribution in [0.2, 0.25) is 0 Å². The Hall–Kier alpha value is -0.740. The number of aromatic hydroxyl groups is 1. The topological polar surface area (TPSA) is 32.7 Å². The predicted molar refractivity (Wildman–Crippen MR) is 87.7 cm³/mol. The molecule has 1 N–H and O–H groups in total. The highest BCUT2D eigenvalue weighted by Gasteiger charge is 2.33. The summed E-state index contributed by atoms with van der Waals surface area (Å²) in [7, 11) is 1.60. The Balaban J connectivity index is 1.77. The highest BCUT2D eigenvalue weighted by Crippen LogP contribution is 2.38. The van der Waals surface area contributed by atoms with E-state index in [0.29, 0.717) is 10.2 Å². The van der Waals surface area contributed by atoms with Gasteiger partial charge in [-0.15, -0.1) is 0 Å². The van der Waals surface area contributed by atoms with Crippen molar-refractivity contribution in [1.82, 2.24) is 4.90 Å². The van der Waals surface area contributed by atoms with E-state index in [0.717, 1.165) is 18.5 Å². The number of hydrogen-bond donors (Lipinski definition) is 1. The van der Waals surface area contributed by atoms with Gasteiger partial charge in [0, 0.05) is 12.6 Å². The quantitative estimate of drug-likeness (QED) is 0.878. The average molecular weight is 354 g/mol. The molecule has 1 aromatic carbocycles. The monoisotopic (exact) mass is 353 g/mol. The summed E-state index contributed by atoms with van der Waals surface area (Å²) in [5, 5.41) is 9.93. The number of hydrogen-bond acceptors (Lipinski definition) is 3. The summed E-state index contributed by atoms with van der Waals surface area (Å²) in [4.78, 5) is 2.64. The van der Waals surface area contributed by atoms with E-state index in [-0.39, 0.29) is 5.75 Å². The van der Waals surface area contributed by atoms with E-state index in [9.17, 15) is 5.11 Å². The molecule has 1 saturated heterocycles. The van der Waals surface area contributed by atoms with Crippen molar-refractivity contribution >= 4 is 15.9 Å². The van der Waals surface area contributed by atoms with Gasteiger partial charge >= 0.3 is 0 Å². The molecule has 21 heavy (non-hydrogen) atoms. The second kappa shape index (κ2) is 6.57. The Labute approximate surface area is 135 Å². The van der Waals surface area contributed by atoms with Crippen LogP contribution in [0.4, 0.5) is 0 Å². The Morgan fingerprint density at radius 2 is 2.00 bits per heavy atom. The zero-order valence-corrected chi connectivity index (χ0v) is 14.2. The molecule has 0 bridgehead atoms. The largest absolute Gasteiger partial charge is 0.503 e. The van der Waals surface area contributed by atoms with Gasteiger partial charge in [-0.1, -0.05) is 12.8 Å². The van der Waals surface area contributed by atoms with Gasteiger partial charge in [-0.25, -0.2) is 0 Å². The lowest BCUT2D eigenvalue weighted by Crippen LogP contribution is -2.46. The van der Waals surface area contributed by atoms with Gasteiger partial charge in [-0.2, -0.15) is 0 Å². The van der Waals surface area contributed by atoms with E-state index < -0.39 is 0 Å². The van der Waals surface area contributed by atoms with Crippen LogP contribution in [0.1, 0.15) is 44.1 Å². The summed E-state index contributed by atoms with van der Waals surface area (Å²) in [6.07, 6.45) is 8.26. The van der Waals surface area contributed by atoms with Gasteiger partial charge in [0.15, 0.2) is 11.5 Å². The maximum atomic E-state index is 9.93. The van der Waals surface area contributed by atoms with Crippen LogP contribution in [0, 0.1) is 5.92 Å². The van der Waals surface area contributed by atoms with Crippen LogP contribution in [0.15, 0.2) is 16.6 Å². The van der Waals surface area contributed by atoms with Crippen LogP contribution in [-0.4, -0.2) is 29.7 Å². The highest BCUT2D eigenvalue weighted by atomic mass is 79.9. The van der Waals surface area contributed by atoms with Gasteiger partial charge in [0.25, 0.3) is 0 Å². The van der Waals surface area contributed by atoms with Crippen molar-refractivity contribution in [1.29, 1.82) is 0 Å². The third-order valence-corrected chi connectivity index (χ3v) is 5.66. The maximum Gasteiger partial charge on any atom is 0.172 e. The summed E-state index contributed by atoms with van der Waals surface area (Å²) < 4.78 is 5.98. The van der Waals surface area contributed by atoms with Crippen LogP contribution in [0.5, 0.6) is 11.5 Å². The number of nitrogens with zero attached hydrogens (tertiary/aromatic N) is 1. The fourth-order valence-electron chi connectivity index (χ4n) is 4.03. The highest BCUT2D eigenvalue weighted by molar-refractivity contribution is 9.10. The molecule has 1 saturated carbocycles. The Morgan fingerprint density at radius 1 is 1.24 bits per heavy atom. The van der Waals surface area contributed by atoms with Crippen molar-refractivity contribution < 1.29 is 9.84 Å². The van der Waals surface area contributed by atoms with E-state index >= 15 is 0 Å². The summed E-state index contributed by atoms with van der Waals surface area (Å²) in [6.45, 7) is 2.15. The van der Waals surface area contributed by atoms with Crippen molar-refractivity contribution in [3.63, 3.8) is 0 Å². The third kappa shape index (κ3) is 3.21. The molecule has 1 aliphatic carbocycles. The second-order valence-corrected chi connectivity index (χ2v) is 7.21. The number of ether oxygens (including phenoxy) is 1. The van der Waals surface area contributed by atoms with Crippen LogP contribution >= 0.6 is 15.9 Å². The Kier molecular flexibility index (Phi) is 4.75. The van der Waals surface area contributed by atoms with E-state index in [1.165, 1.54) is 50.6 Å². The zero-order chi connectivity index (χ0) is 14.8. The number of likely N-dealkylation sites (tertiary alicyclic amines) is 1. The Morgan fingerprint density at radius 3 is 2.81 bits per heavy atom. The molecule has 3 nitrogen and oxygen atoms in total. The van der Waals surface area contributed by atoms with Crippen LogP contribution < -0.4 is 4.74 Å². The first kappa shape index (κ1) is 15.2. The Bertz CT molecular complexity index is 504. The number of phenols is 1. The number of piperidine rings is 1. The molecular formula is C17H24BrNO2. The van der Waals surface area contributed by atoms with E-state index in [1.54, 1.807) is 7.11 Å². The van der Waals surface area contributed by atoms with Gasteiger partial charge < -0.3 is 9.84 Å². The lowest BCUT2D eigenvalue weighted by molar-refractivity contribution is 0.0546. The molecule has 0 unspecified atom stereocenters. The minimum Gasteiger partial charge on any atom is -0.503 e. The van der Waals surface area contributed by atoms with Gasteiger partial charge in [0.1, 0.15) is 0 Å². The summed E-state index contributed by atoms with van der Waals surface area (Å²) >= 11 is 3.42. The van der Waals surface area contributed by atoms with Crippen LogP contribution in [0.3, 0.4) is 0 Å². The van der Waals surface area contributed by atoms with Crippen molar-refractivity contribution in [2.24, 2.45) is 5.92 Å². The maximum absolute atomic E-state index is 9.93. The standard InChI is InChI=1S/C17H24BrNO2/c1-21-16-10-12(9-14(18)17(16)20)11-19-8-4-6-13-5-2-3-7-15(13)19/h9-10,13,15,20H,2-8,11H2,1H3/t13-,15-/m1/s1. The average Bonchev–Trinajstić information content (AvgIpc) is 2.51. The molecule has 2 aliphatic rings. The molecule has 1 aliphatic heterocycles. The molecule has 116 valence electrons. The zero-order valence-electron chi connectivity index (χ0n) is 12.6. The summed E-state index contributed by atoms with van der Waals surface area (Å²) in [5.74, 6) is 1.64. The van der Waals surface area contributed by atoms with E-state index in [1.807, 2.05) is 12.1 Å². The lowest BCUT2D eigenvalue weighted by Gasteiger charge is -2.44.